The van der Waals surface area contributed by atoms with E-state index in [4.69, 9.17) is 19.7 Å². The Balaban J connectivity index is 2.56. The summed E-state index contributed by atoms with van der Waals surface area (Å²) >= 11 is 1.57. The molecule has 0 aliphatic carbocycles. The van der Waals surface area contributed by atoms with Gasteiger partial charge in [0.25, 0.3) is 0 Å². The second kappa shape index (κ2) is 5.22. The van der Waals surface area contributed by atoms with Crippen LogP contribution in [0, 0.1) is 0 Å². The highest BCUT2D eigenvalue weighted by molar-refractivity contribution is 7.98. The van der Waals surface area contributed by atoms with Gasteiger partial charge >= 0.3 is 0 Å². The van der Waals surface area contributed by atoms with Gasteiger partial charge in [0, 0.05) is 11.6 Å². The van der Waals surface area contributed by atoms with Crippen LogP contribution in [-0.4, -0.2) is 25.6 Å². The lowest BCUT2D eigenvalue weighted by atomic mass is 10.1. The predicted molar refractivity (Wildman–Crippen MR) is 71.2 cm³/mol. The van der Waals surface area contributed by atoms with Crippen LogP contribution in [-0.2, 0) is 0 Å². The van der Waals surface area contributed by atoms with E-state index in [1.54, 1.807) is 32.0 Å². The Hall–Kier alpha value is -1.82. The molecule has 2 aromatic rings. The van der Waals surface area contributed by atoms with Crippen LogP contribution in [0.4, 0.5) is 5.88 Å². The van der Waals surface area contributed by atoms with Crippen molar-refractivity contribution in [1.82, 2.24) is 5.16 Å². The third-order valence-electron chi connectivity index (χ3n) is 2.49. The number of nitrogens with two attached hydrogens (primary N) is 1. The zero-order valence-electron chi connectivity index (χ0n) is 10.4. The first-order chi connectivity index (χ1) is 8.69. The van der Waals surface area contributed by atoms with Gasteiger partial charge in [-0.05, 0) is 18.4 Å². The fourth-order valence-corrected chi connectivity index (χ4v) is 2.27. The molecule has 96 valence electrons. The molecule has 0 atom stereocenters. The first kappa shape index (κ1) is 12.6. The Kier molecular flexibility index (Phi) is 3.66. The summed E-state index contributed by atoms with van der Waals surface area (Å²) in [6.07, 6.45) is 1.97. The van der Waals surface area contributed by atoms with Crippen molar-refractivity contribution in [3.63, 3.8) is 0 Å². The Labute approximate surface area is 109 Å². The summed E-state index contributed by atoms with van der Waals surface area (Å²) in [4.78, 5) is 0.966. The molecular formula is C12H14N2O3S. The Morgan fingerprint density at radius 2 is 2.00 bits per heavy atom. The highest BCUT2D eigenvalue weighted by Crippen LogP contribution is 2.40. The maximum Gasteiger partial charge on any atom is 0.222 e. The molecule has 0 saturated heterocycles. The number of benzene rings is 1. The minimum absolute atomic E-state index is 0.283. The third-order valence-corrected chi connectivity index (χ3v) is 3.23. The molecule has 0 aliphatic heterocycles. The summed E-state index contributed by atoms with van der Waals surface area (Å²) in [7, 11) is 3.22. The monoisotopic (exact) mass is 266 g/mol. The summed E-state index contributed by atoms with van der Waals surface area (Å²) in [6.45, 7) is 0. The number of nitrogens with zero attached hydrogens (tertiary/aromatic N) is 1. The quantitative estimate of drug-likeness (QED) is 0.858. The van der Waals surface area contributed by atoms with Gasteiger partial charge in [0.05, 0.1) is 19.1 Å². The van der Waals surface area contributed by atoms with E-state index in [0.717, 1.165) is 10.5 Å². The Morgan fingerprint density at radius 1 is 1.22 bits per heavy atom. The summed E-state index contributed by atoms with van der Waals surface area (Å²) in [6, 6.07) is 5.48. The Morgan fingerprint density at radius 3 is 2.50 bits per heavy atom. The fraction of sp³-hybridized carbons (Fsp3) is 0.250. The number of nitrogen functional groups attached to an aromatic ring is 1. The van der Waals surface area contributed by atoms with Crippen molar-refractivity contribution in [3.05, 3.63) is 18.2 Å². The minimum Gasteiger partial charge on any atom is -0.493 e. The van der Waals surface area contributed by atoms with Gasteiger partial charge in [-0.1, -0.05) is 5.16 Å². The second-order valence-corrected chi connectivity index (χ2v) is 4.38. The topological polar surface area (TPSA) is 70.5 Å². The largest absolute Gasteiger partial charge is 0.493 e. The molecule has 1 aromatic heterocycles. The molecule has 2 N–H and O–H groups in total. The maximum atomic E-state index is 5.52. The molecule has 1 heterocycles. The summed E-state index contributed by atoms with van der Waals surface area (Å²) < 4.78 is 15.5. The average molecular weight is 266 g/mol. The van der Waals surface area contributed by atoms with Crippen LogP contribution in [0.5, 0.6) is 11.5 Å². The first-order valence-electron chi connectivity index (χ1n) is 5.22. The van der Waals surface area contributed by atoms with Gasteiger partial charge in [-0.25, -0.2) is 0 Å². The first-order valence-corrected chi connectivity index (χ1v) is 6.44. The SMILES string of the molecule is COc1cc(-c2cc(N)on2)cc(SC)c1OC. The molecule has 6 heteroatoms. The minimum atomic E-state index is 0.283. The van der Waals surface area contributed by atoms with Gasteiger partial charge in [-0.15, -0.1) is 11.8 Å². The lowest BCUT2D eigenvalue weighted by Crippen LogP contribution is -1.93. The van der Waals surface area contributed by atoms with Gasteiger partial charge < -0.3 is 19.7 Å². The van der Waals surface area contributed by atoms with Crippen molar-refractivity contribution in [2.45, 2.75) is 4.90 Å². The number of ether oxygens (including phenoxy) is 2. The number of rotatable bonds is 4. The van der Waals surface area contributed by atoms with Crippen LogP contribution in [0.2, 0.25) is 0 Å². The van der Waals surface area contributed by atoms with E-state index >= 15 is 0 Å². The fourth-order valence-electron chi connectivity index (χ4n) is 1.65. The molecule has 0 unspecified atom stereocenters. The van der Waals surface area contributed by atoms with Crippen molar-refractivity contribution >= 4 is 17.6 Å². The van der Waals surface area contributed by atoms with E-state index in [0.29, 0.717) is 17.2 Å². The summed E-state index contributed by atoms with van der Waals surface area (Å²) in [5.74, 6) is 1.65. The molecule has 0 spiro atoms. The van der Waals surface area contributed by atoms with Gasteiger partial charge in [-0.3, -0.25) is 0 Å². The number of hydrogen-bond donors (Lipinski definition) is 1. The molecule has 0 fully saturated rings. The van der Waals surface area contributed by atoms with Crippen LogP contribution in [0.3, 0.4) is 0 Å². The van der Waals surface area contributed by atoms with Crippen molar-refractivity contribution in [3.8, 4) is 22.8 Å². The van der Waals surface area contributed by atoms with E-state index in [1.807, 2.05) is 18.4 Å². The average Bonchev–Trinajstić information content (AvgIpc) is 2.83. The lowest BCUT2D eigenvalue weighted by molar-refractivity contribution is 0.348. The molecule has 0 amide bonds. The molecule has 2 rings (SSSR count). The van der Waals surface area contributed by atoms with E-state index < -0.39 is 0 Å². The van der Waals surface area contributed by atoms with E-state index in [2.05, 4.69) is 5.16 Å². The number of methoxy groups -OCH3 is 2. The normalized spacial score (nSPS) is 10.4. The van der Waals surface area contributed by atoms with E-state index in [9.17, 15) is 0 Å². The van der Waals surface area contributed by atoms with Gasteiger partial charge in [-0.2, -0.15) is 0 Å². The molecule has 5 nitrogen and oxygen atoms in total. The molecule has 0 radical (unpaired) electrons. The van der Waals surface area contributed by atoms with Gasteiger partial charge in [0.2, 0.25) is 5.88 Å². The molecule has 0 aliphatic rings. The number of aromatic nitrogens is 1. The second-order valence-electron chi connectivity index (χ2n) is 3.53. The molecule has 18 heavy (non-hydrogen) atoms. The van der Waals surface area contributed by atoms with E-state index in [1.165, 1.54) is 0 Å². The third kappa shape index (κ3) is 2.24. The lowest BCUT2D eigenvalue weighted by Gasteiger charge is -2.12. The van der Waals surface area contributed by atoms with Crippen molar-refractivity contribution in [2.24, 2.45) is 0 Å². The van der Waals surface area contributed by atoms with Gasteiger partial charge in [0.15, 0.2) is 11.5 Å². The van der Waals surface area contributed by atoms with Crippen molar-refractivity contribution < 1.29 is 14.0 Å². The molecule has 0 bridgehead atoms. The summed E-state index contributed by atoms with van der Waals surface area (Å²) in [5, 5.41) is 3.89. The van der Waals surface area contributed by atoms with Gasteiger partial charge in [0.1, 0.15) is 5.69 Å². The highest BCUT2D eigenvalue weighted by atomic mass is 32.2. The van der Waals surface area contributed by atoms with Crippen molar-refractivity contribution in [2.75, 3.05) is 26.2 Å². The maximum absolute atomic E-state index is 5.52. The summed E-state index contributed by atoms with van der Waals surface area (Å²) in [5.41, 5.74) is 7.07. The zero-order valence-corrected chi connectivity index (χ0v) is 11.2. The highest BCUT2D eigenvalue weighted by Gasteiger charge is 2.14. The number of anilines is 1. The van der Waals surface area contributed by atoms with Crippen LogP contribution in [0.1, 0.15) is 0 Å². The number of hydrogen-bond acceptors (Lipinski definition) is 6. The standard InChI is InChI=1S/C12H14N2O3S/c1-15-9-4-7(8-6-11(13)17-14-8)5-10(18-3)12(9)16-2/h4-6H,13H2,1-3H3. The Bertz CT molecular complexity index is 529. The predicted octanol–water partition coefficient (Wildman–Crippen LogP) is 2.66. The van der Waals surface area contributed by atoms with Crippen LogP contribution in [0.15, 0.2) is 27.6 Å². The number of thioether (sulfide) groups is 1. The van der Waals surface area contributed by atoms with Crippen LogP contribution < -0.4 is 15.2 Å². The van der Waals surface area contributed by atoms with Crippen LogP contribution >= 0.6 is 11.8 Å². The molecular weight excluding hydrogens is 252 g/mol. The smallest absolute Gasteiger partial charge is 0.222 e. The molecule has 0 saturated carbocycles. The zero-order chi connectivity index (χ0) is 13.1. The molecule has 1 aromatic carbocycles. The van der Waals surface area contributed by atoms with Crippen LogP contribution in [0.25, 0.3) is 11.3 Å². The van der Waals surface area contributed by atoms with Crippen molar-refractivity contribution in [1.29, 1.82) is 0 Å². The van der Waals surface area contributed by atoms with E-state index in [-0.39, 0.29) is 5.88 Å².